The van der Waals surface area contributed by atoms with Gasteiger partial charge in [-0.2, -0.15) is 0 Å². The number of ether oxygens (including phenoxy) is 1. The molecule has 4 rings (SSSR count). The van der Waals surface area contributed by atoms with Crippen molar-refractivity contribution < 1.29 is 19.9 Å². The molecule has 9 heteroatoms. The number of anilines is 2. The number of hydrogen-bond donors (Lipinski definition) is 4. The van der Waals surface area contributed by atoms with Gasteiger partial charge >= 0.3 is 0 Å². The summed E-state index contributed by atoms with van der Waals surface area (Å²) >= 11 is 0. The van der Waals surface area contributed by atoms with Crippen molar-refractivity contribution in [1.29, 1.82) is 5.41 Å². The van der Waals surface area contributed by atoms with Crippen LogP contribution in [0.25, 0.3) is 0 Å². The third-order valence-corrected chi connectivity index (χ3v) is 6.31. The summed E-state index contributed by atoms with van der Waals surface area (Å²) in [4.78, 5) is 11.0. The van der Waals surface area contributed by atoms with Gasteiger partial charge in [0.1, 0.15) is 23.7 Å². The van der Waals surface area contributed by atoms with Crippen LogP contribution in [0.1, 0.15) is 42.0 Å². The molecule has 2 unspecified atom stereocenters. The monoisotopic (exact) mass is 427 g/mol. The molecule has 2 atom stereocenters. The number of likely N-dealkylation sites (N-methyl/N-ethyl adjacent to an activating group) is 1. The molecule has 0 aliphatic carbocycles. The van der Waals surface area contributed by atoms with Gasteiger partial charge in [0.25, 0.3) is 0 Å². The van der Waals surface area contributed by atoms with E-state index in [0.717, 1.165) is 44.8 Å². The first-order valence-corrected chi connectivity index (χ1v) is 10.7. The van der Waals surface area contributed by atoms with Crippen molar-refractivity contribution in [3.8, 4) is 0 Å². The first-order chi connectivity index (χ1) is 15.0. The average molecular weight is 428 g/mol. The van der Waals surface area contributed by atoms with Gasteiger partial charge in [-0.15, -0.1) is 0 Å². The Balaban J connectivity index is 1.62. The van der Waals surface area contributed by atoms with Crippen LogP contribution < -0.4 is 21.4 Å². The second kappa shape index (κ2) is 8.68. The highest BCUT2D eigenvalue weighted by molar-refractivity contribution is 6.11. The molecule has 0 saturated carbocycles. The van der Waals surface area contributed by atoms with Crippen LogP contribution in [0, 0.1) is 11.2 Å². The van der Waals surface area contributed by atoms with Crippen LogP contribution in [0.4, 0.5) is 15.9 Å². The zero-order valence-corrected chi connectivity index (χ0v) is 17.8. The summed E-state index contributed by atoms with van der Waals surface area (Å²) in [6, 6.07) is 4.76. The zero-order chi connectivity index (χ0) is 22.0. The van der Waals surface area contributed by atoms with Crippen molar-refractivity contribution in [2.75, 3.05) is 43.9 Å². The molecule has 2 saturated heterocycles. The van der Waals surface area contributed by atoms with Gasteiger partial charge < -0.3 is 26.1 Å². The third kappa shape index (κ3) is 4.15. The van der Waals surface area contributed by atoms with Crippen LogP contribution in [0.5, 0.6) is 0 Å². The predicted molar refractivity (Wildman–Crippen MR) is 117 cm³/mol. The fourth-order valence-electron chi connectivity index (χ4n) is 4.47. The molecule has 7 N–H and O–H groups in total. The molecule has 2 aliphatic rings. The summed E-state index contributed by atoms with van der Waals surface area (Å²) in [6.45, 7) is 3.09. The number of hydrogen-bond acceptors (Lipinski definition) is 6. The summed E-state index contributed by atoms with van der Waals surface area (Å²) in [5.74, 6) is -0.0154. The Labute approximate surface area is 181 Å². The lowest BCUT2D eigenvalue weighted by atomic mass is 9.86. The number of nitrogen functional groups attached to an aromatic ring is 1. The smallest absolute Gasteiger partial charge is 0.232 e. The molecule has 0 radical (unpaired) electrons. The number of quaternary nitrogens is 1. The lowest BCUT2D eigenvalue weighted by molar-refractivity contribution is -0.627. The molecule has 3 heterocycles. The second-order valence-corrected chi connectivity index (χ2v) is 8.36. The van der Waals surface area contributed by atoms with E-state index in [-0.39, 0.29) is 17.2 Å². The van der Waals surface area contributed by atoms with Crippen molar-refractivity contribution in [2.45, 2.75) is 30.8 Å². The van der Waals surface area contributed by atoms with E-state index in [9.17, 15) is 4.39 Å². The van der Waals surface area contributed by atoms with Gasteiger partial charge in [0.2, 0.25) is 5.71 Å². The first-order valence-electron chi connectivity index (χ1n) is 10.7. The lowest BCUT2D eigenvalue weighted by Crippen LogP contribution is -2.81. The molecular weight excluding hydrogens is 397 g/mol. The van der Waals surface area contributed by atoms with E-state index in [4.69, 9.17) is 21.3 Å². The van der Waals surface area contributed by atoms with Crippen LogP contribution in [-0.4, -0.2) is 60.8 Å². The fraction of sp³-hybridized carbons (Fsp3) is 0.455. The van der Waals surface area contributed by atoms with Gasteiger partial charge in [-0.25, -0.2) is 14.4 Å². The van der Waals surface area contributed by atoms with E-state index in [1.54, 1.807) is 6.07 Å². The fourth-order valence-corrected chi connectivity index (χ4v) is 4.47. The molecule has 1 aromatic carbocycles. The molecule has 1 spiro atoms. The van der Waals surface area contributed by atoms with E-state index in [2.05, 4.69) is 14.9 Å². The molecule has 8 nitrogen and oxygen atoms in total. The van der Waals surface area contributed by atoms with Gasteiger partial charge in [-0.05, 0) is 25.0 Å². The summed E-state index contributed by atoms with van der Waals surface area (Å²) in [5.41, 5.74) is 8.11. The van der Waals surface area contributed by atoms with Gasteiger partial charge in [0.15, 0.2) is 0 Å². The van der Waals surface area contributed by atoms with Crippen molar-refractivity contribution in [3.63, 3.8) is 0 Å². The number of aromatic nitrogens is 2. The van der Waals surface area contributed by atoms with E-state index in [0.29, 0.717) is 29.1 Å². The second-order valence-electron chi connectivity index (χ2n) is 8.36. The van der Waals surface area contributed by atoms with Crippen LogP contribution >= 0.6 is 0 Å². The van der Waals surface area contributed by atoms with E-state index in [1.165, 1.54) is 18.6 Å². The standard InChI is InChI=1S/C22H28FN7O/c1-27-11-14(10-24)15-7-16(18(25)8-17(15)23)21(26)19-9-20(29-13-28-19)30-5-2-3-22(12-30)4-6-31-22/h7-10,13-14,24,26-27H,2-6,11-12,25H2,1H3/p+2. The van der Waals surface area contributed by atoms with Crippen LogP contribution in [-0.2, 0) is 4.74 Å². The molecule has 2 aromatic rings. The van der Waals surface area contributed by atoms with E-state index < -0.39 is 5.82 Å². The molecule has 0 bridgehead atoms. The van der Waals surface area contributed by atoms with Crippen LogP contribution in [0.3, 0.4) is 0 Å². The number of nitrogens with two attached hydrogens (primary N) is 3. The Kier molecular flexibility index (Phi) is 5.97. The number of halogens is 1. The highest BCUT2D eigenvalue weighted by Crippen LogP contribution is 2.36. The molecule has 0 amide bonds. The van der Waals surface area contributed by atoms with Crippen molar-refractivity contribution >= 4 is 23.4 Å². The van der Waals surface area contributed by atoms with E-state index >= 15 is 0 Å². The van der Waals surface area contributed by atoms with Gasteiger partial charge in [0.05, 0.1) is 37.3 Å². The number of nitrogens with zero attached hydrogens (tertiary/aromatic N) is 3. The van der Waals surface area contributed by atoms with Crippen LogP contribution in [0.15, 0.2) is 24.5 Å². The molecule has 2 aliphatic heterocycles. The summed E-state index contributed by atoms with van der Waals surface area (Å²) < 4.78 is 20.4. The molecule has 31 heavy (non-hydrogen) atoms. The molecular formula is C22H30FN7O+2. The summed E-state index contributed by atoms with van der Waals surface area (Å²) in [7, 11) is 1.88. The Morgan fingerprint density at radius 1 is 1.42 bits per heavy atom. The highest BCUT2D eigenvalue weighted by atomic mass is 19.1. The molecule has 164 valence electrons. The highest BCUT2D eigenvalue weighted by Gasteiger charge is 2.42. The summed E-state index contributed by atoms with van der Waals surface area (Å²) in [5, 5.41) is 16.0. The third-order valence-electron chi connectivity index (χ3n) is 6.31. The van der Waals surface area contributed by atoms with Gasteiger partial charge in [-0.1, -0.05) is 0 Å². The normalized spacial score (nSPS) is 21.5. The Bertz CT molecular complexity index is 992. The summed E-state index contributed by atoms with van der Waals surface area (Å²) in [6.07, 6.45) is 5.94. The Morgan fingerprint density at radius 3 is 2.90 bits per heavy atom. The van der Waals surface area contributed by atoms with Crippen LogP contribution in [0.2, 0.25) is 0 Å². The number of benzene rings is 1. The average Bonchev–Trinajstić information content (AvgIpc) is 2.76. The number of rotatable bonds is 7. The minimum atomic E-state index is -0.438. The Morgan fingerprint density at radius 2 is 2.23 bits per heavy atom. The SMILES string of the molecule is C[NH2+]CC(C=N)c1cc(C(=[NH2+])c2cc(N3CCCC4(CCO4)C3)ncn2)c(N)cc1F. The van der Waals surface area contributed by atoms with Crippen molar-refractivity contribution in [2.24, 2.45) is 0 Å². The Hall–Kier alpha value is -2.91. The quantitative estimate of drug-likeness (QED) is 0.349. The van der Waals surface area contributed by atoms with Gasteiger partial charge in [-0.3, -0.25) is 5.41 Å². The zero-order valence-electron chi connectivity index (χ0n) is 17.8. The minimum Gasteiger partial charge on any atom is -0.398 e. The largest absolute Gasteiger partial charge is 0.398 e. The van der Waals surface area contributed by atoms with Crippen molar-refractivity contribution in [3.05, 3.63) is 47.2 Å². The maximum Gasteiger partial charge on any atom is 0.232 e. The molecule has 1 aromatic heterocycles. The maximum absolute atomic E-state index is 14.6. The number of piperidine rings is 1. The van der Waals surface area contributed by atoms with E-state index in [1.807, 2.05) is 18.4 Å². The van der Waals surface area contributed by atoms with Gasteiger partial charge in [0, 0.05) is 43.0 Å². The molecule has 2 fully saturated rings. The van der Waals surface area contributed by atoms with Crippen molar-refractivity contribution in [1.82, 2.24) is 9.97 Å². The predicted octanol–water partition coefficient (Wildman–Crippen LogP) is -0.520. The maximum atomic E-state index is 14.6. The first kappa shape index (κ1) is 21.3. The number of nitrogens with one attached hydrogen (secondary N) is 1. The lowest BCUT2D eigenvalue weighted by Gasteiger charge is -2.48. The topological polar surface area (TPSA) is 130 Å². The minimum absolute atomic E-state index is 0.0486.